The first-order valence-electron chi connectivity index (χ1n) is 5.99. The monoisotopic (exact) mass is 295 g/mol. The van der Waals surface area contributed by atoms with Gasteiger partial charge in [0.1, 0.15) is 6.10 Å². The van der Waals surface area contributed by atoms with Crippen LogP contribution in [0, 0.1) is 6.92 Å². The maximum atomic E-state index is 10.4. The highest BCUT2D eigenvalue weighted by molar-refractivity contribution is 5.85. The van der Waals surface area contributed by atoms with Gasteiger partial charge in [0.05, 0.1) is 19.9 Å². The SMILES string of the molecule is COc1ccc(C(O)c2ncccc2C)cc1OC.Cl. The van der Waals surface area contributed by atoms with E-state index >= 15 is 0 Å². The largest absolute Gasteiger partial charge is 0.493 e. The van der Waals surface area contributed by atoms with Gasteiger partial charge in [-0.1, -0.05) is 12.1 Å². The van der Waals surface area contributed by atoms with E-state index in [1.165, 1.54) is 0 Å². The lowest BCUT2D eigenvalue weighted by Crippen LogP contribution is -2.05. The molecule has 5 heteroatoms. The molecule has 0 fully saturated rings. The van der Waals surface area contributed by atoms with Crippen LogP contribution in [0.3, 0.4) is 0 Å². The van der Waals surface area contributed by atoms with E-state index in [0.29, 0.717) is 17.2 Å². The van der Waals surface area contributed by atoms with Gasteiger partial charge < -0.3 is 14.6 Å². The third-order valence-electron chi connectivity index (χ3n) is 3.03. The standard InChI is InChI=1S/C15H17NO3.ClH/c1-10-5-4-8-16-14(10)15(17)11-6-7-12(18-2)13(9-11)19-3;/h4-9,15,17H,1-3H3;1H. The van der Waals surface area contributed by atoms with Crippen molar-refractivity contribution in [1.82, 2.24) is 4.98 Å². The lowest BCUT2D eigenvalue weighted by molar-refractivity contribution is 0.213. The molecule has 20 heavy (non-hydrogen) atoms. The number of aliphatic hydroxyl groups excluding tert-OH is 1. The Morgan fingerprint density at radius 1 is 1.10 bits per heavy atom. The summed E-state index contributed by atoms with van der Waals surface area (Å²) in [5.41, 5.74) is 2.32. The van der Waals surface area contributed by atoms with Gasteiger partial charge in [0.15, 0.2) is 11.5 Å². The van der Waals surface area contributed by atoms with Crippen molar-refractivity contribution in [2.75, 3.05) is 14.2 Å². The number of hydrogen-bond donors (Lipinski definition) is 1. The van der Waals surface area contributed by atoms with E-state index in [2.05, 4.69) is 4.98 Å². The molecule has 108 valence electrons. The van der Waals surface area contributed by atoms with E-state index in [1.807, 2.05) is 19.1 Å². The van der Waals surface area contributed by atoms with Crippen molar-refractivity contribution in [3.05, 3.63) is 53.3 Å². The average Bonchev–Trinajstić information content (AvgIpc) is 2.46. The summed E-state index contributed by atoms with van der Waals surface area (Å²) in [6.07, 6.45) is 0.896. The van der Waals surface area contributed by atoms with E-state index in [4.69, 9.17) is 9.47 Å². The fraction of sp³-hybridized carbons (Fsp3) is 0.267. The van der Waals surface area contributed by atoms with E-state index < -0.39 is 6.10 Å². The van der Waals surface area contributed by atoms with E-state index in [1.54, 1.807) is 38.6 Å². The number of ether oxygens (including phenoxy) is 2. The smallest absolute Gasteiger partial charge is 0.161 e. The Labute approximate surface area is 124 Å². The molecule has 0 saturated carbocycles. The summed E-state index contributed by atoms with van der Waals surface area (Å²) in [4.78, 5) is 4.23. The summed E-state index contributed by atoms with van der Waals surface area (Å²) in [7, 11) is 3.15. The highest BCUT2D eigenvalue weighted by atomic mass is 35.5. The molecule has 4 nitrogen and oxygen atoms in total. The number of nitrogens with zero attached hydrogens (tertiary/aromatic N) is 1. The van der Waals surface area contributed by atoms with Crippen molar-refractivity contribution >= 4 is 12.4 Å². The number of aryl methyl sites for hydroxylation is 1. The quantitative estimate of drug-likeness (QED) is 0.942. The molecule has 1 heterocycles. The van der Waals surface area contributed by atoms with Crippen LogP contribution in [0.1, 0.15) is 22.9 Å². The van der Waals surface area contributed by atoms with E-state index in [0.717, 1.165) is 11.1 Å². The fourth-order valence-corrected chi connectivity index (χ4v) is 1.96. The van der Waals surface area contributed by atoms with Crippen molar-refractivity contribution in [2.45, 2.75) is 13.0 Å². The number of hydrogen-bond acceptors (Lipinski definition) is 4. The zero-order valence-electron chi connectivity index (χ0n) is 11.7. The molecule has 0 bridgehead atoms. The predicted octanol–water partition coefficient (Wildman–Crippen LogP) is 2.91. The molecule has 2 aromatic rings. The Bertz CT molecular complexity index is 575. The number of benzene rings is 1. The van der Waals surface area contributed by atoms with Gasteiger partial charge in [0, 0.05) is 6.20 Å². The van der Waals surface area contributed by atoms with Crippen molar-refractivity contribution in [2.24, 2.45) is 0 Å². The van der Waals surface area contributed by atoms with Crippen LogP contribution in [0.25, 0.3) is 0 Å². The minimum absolute atomic E-state index is 0. The molecule has 0 amide bonds. The predicted molar refractivity (Wildman–Crippen MR) is 79.8 cm³/mol. The molecule has 1 unspecified atom stereocenters. The summed E-state index contributed by atoms with van der Waals surface area (Å²) >= 11 is 0. The van der Waals surface area contributed by atoms with Gasteiger partial charge in [-0.25, -0.2) is 0 Å². The fourth-order valence-electron chi connectivity index (χ4n) is 1.96. The van der Waals surface area contributed by atoms with Crippen LogP contribution in [0.15, 0.2) is 36.5 Å². The number of aromatic nitrogens is 1. The van der Waals surface area contributed by atoms with Gasteiger partial charge in [-0.15, -0.1) is 12.4 Å². The minimum Gasteiger partial charge on any atom is -0.493 e. The molecule has 2 rings (SSSR count). The van der Waals surface area contributed by atoms with E-state index in [9.17, 15) is 5.11 Å². The van der Waals surface area contributed by atoms with Crippen LogP contribution < -0.4 is 9.47 Å². The number of methoxy groups -OCH3 is 2. The minimum atomic E-state index is -0.777. The normalized spacial score (nSPS) is 11.4. The molecule has 1 aromatic heterocycles. The molecule has 0 spiro atoms. The van der Waals surface area contributed by atoms with Crippen LogP contribution in [0.5, 0.6) is 11.5 Å². The Hall–Kier alpha value is -1.78. The van der Waals surface area contributed by atoms with Crippen LogP contribution in [0.4, 0.5) is 0 Å². The molecular weight excluding hydrogens is 278 g/mol. The molecule has 0 radical (unpaired) electrons. The first kappa shape index (κ1) is 16.3. The maximum Gasteiger partial charge on any atom is 0.161 e. The Morgan fingerprint density at radius 2 is 1.80 bits per heavy atom. The molecule has 0 saturated heterocycles. The zero-order chi connectivity index (χ0) is 13.8. The highest BCUT2D eigenvalue weighted by Crippen LogP contribution is 2.32. The zero-order valence-corrected chi connectivity index (χ0v) is 12.5. The third kappa shape index (κ3) is 3.21. The summed E-state index contributed by atoms with van der Waals surface area (Å²) < 4.78 is 10.4. The van der Waals surface area contributed by atoms with Gasteiger partial charge in [-0.05, 0) is 36.2 Å². The van der Waals surface area contributed by atoms with Gasteiger partial charge in [0.2, 0.25) is 0 Å². The average molecular weight is 296 g/mol. The number of pyridine rings is 1. The molecule has 1 atom stereocenters. The van der Waals surface area contributed by atoms with Crippen molar-refractivity contribution < 1.29 is 14.6 Å². The van der Waals surface area contributed by atoms with E-state index in [-0.39, 0.29) is 12.4 Å². The second-order valence-electron chi connectivity index (χ2n) is 4.22. The molecule has 0 aliphatic carbocycles. The molecule has 0 aliphatic rings. The Balaban J connectivity index is 0.00000200. The number of rotatable bonds is 4. The van der Waals surface area contributed by atoms with Crippen LogP contribution in [-0.4, -0.2) is 24.3 Å². The van der Waals surface area contributed by atoms with Gasteiger partial charge >= 0.3 is 0 Å². The summed E-state index contributed by atoms with van der Waals surface area (Å²) in [6, 6.07) is 9.11. The maximum absolute atomic E-state index is 10.4. The molecule has 1 aromatic carbocycles. The van der Waals surface area contributed by atoms with Crippen LogP contribution in [0.2, 0.25) is 0 Å². The van der Waals surface area contributed by atoms with Crippen molar-refractivity contribution in [3.8, 4) is 11.5 Å². The van der Waals surface area contributed by atoms with Gasteiger partial charge in [-0.3, -0.25) is 4.98 Å². The first-order valence-corrected chi connectivity index (χ1v) is 5.99. The lowest BCUT2D eigenvalue weighted by Gasteiger charge is -2.15. The second-order valence-corrected chi connectivity index (χ2v) is 4.22. The van der Waals surface area contributed by atoms with Crippen LogP contribution in [-0.2, 0) is 0 Å². The summed E-state index contributed by atoms with van der Waals surface area (Å²) in [6.45, 7) is 1.92. The topological polar surface area (TPSA) is 51.6 Å². The third-order valence-corrected chi connectivity index (χ3v) is 3.03. The van der Waals surface area contributed by atoms with Crippen molar-refractivity contribution in [1.29, 1.82) is 0 Å². The first-order chi connectivity index (χ1) is 9.17. The molecule has 0 aliphatic heterocycles. The lowest BCUT2D eigenvalue weighted by atomic mass is 10.0. The van der Waals surface area contributed by atoms with Crippen LogP contribution >= 0.6 is 12.4 Å². The van der Waals surface area contributed by atoms with Gasteiger partial charge in [0.25, 0.3) is 0 Å². The number of aliphatic hydroxyl groups is 1. The summed E-state index contributed by atoms with van der Waals surface area (Å²) in [5, 5.41) is 10.4. The second kappa shape index (κ2) is 7.12. The highest BCUT2D eigenvalue weighted by Gasteiger charge is 2.16. The summed E-state index contributed by atoms with van der Waals surface area (Å²) in [5.74, 6) is 1.23. The van der Waals surface area contributed by atoms with Gasteiger partial charge in [-0.2, -0.15) is 0 Å². The number of halogens is 1. The molecule has 1 N–H and O–H groups in total. The van der Waals surface area contributed by atoms with Crippen molar-refractivity contribution in [3.63, 3.8) is 0 Å². The Kier molecular flexibility index (Phi) is 5.80. The molecular formula is C15H18ClNO3. The Morgan fingerprint density at radius 3 is 2.40 bits per heavy atom.